The number of anilines is 2. The summed E-state index contributed by atoms with van der Waals surface area (Å²) in [6, 6.07) is 12.5. The van der Waals surface area contributed by atoms with E-state index in [1.54, 1.807) is 42.3 Å². The van der Waals surface area contributed by atoms with Crippen LogP contribution in [-0.2, 0) is 7.05 Å². The zero-order valence-electron chi connectivity index (χ0n) is 22.8. The summed E-state index contributed by atoms with van der Waals surface area (Å²) in [6.45, 7) is 0. The van der Waals surface area contributed by atoms with Crippen molar-refractivity contribution in [3.63, 3.8) is 0 Å². The molecule has 1 aliphatic rings. The van der Waals surface area contributed by atoms with Crippen LogP contribution in [0.4, 0.5) is 11.5 Å². The molecule has 2 heterocycles. The quantitative estimate of drug-likeness (QED) is 0.269. The second kappa shape index (κ2) is 12.1. The number of fused-ring (bicyclic) bond motifs is 1. The average Bonchev–Trinajstić information content (AvgIpc) is 3.30. The molecule has 2 amide bonds. The third-order valence-electron chi connectivity index (χ3n) is 7.15. The number of nitrogens with zero attached hydrogens (tertiary/aromatic N) is 3. The fourth-order valence-corrected chi connectivity index (χ4v) is 5.08. The van der Waals surface area contributed by atoms with Gasteiger partial charge in [0.1, 0.15) is 22.8 Å². The molecule has 208 valence electrons. The Labute approximate surface area is 232 Å². The van der Waals surface area contributed by atoms with E-state index in [1.807, 2.05) is 24.3 Å². The van der Waals surface area contributed by atoms with Crippen LogP contribution in [0.2, 0.25) is 0 Å². The monoisotopic (exact) mass is 542 g/mol. The van der Waals surface area contributed by atoms with Crippen LogP contribution in [0.25, 0.3) is 10.9 Å². The number of aryl methyl sites for hydroxylation is 1. The predicted octanol–water partition coefficient (Wildman–Crippen LogP) is 5.45. The van der Waals surface area contributed by atoms with Gasteiger partial charge in [-0.3, -0.25) is 19.3 Å². The number of carbonyl (C=O) groups is 2. The van der Waals surface area contributed by atoms with Gasteiger partial charge in [0.15, 0.2) is 5.82 Å². The summed E-state index contributed by atoms with van der Waals surface area (Å²) in [4.78, 5) is 29.4. The summed E-state index contributed by atoms with van der Waals surface area (Å²) < 4.78 is 13.1. The van der Waals surface area contributed by atoms with Gasteiger partial charge in [-0.25, -0.2) is 0 Å². The standard InChI is InChI=1S/C30H34N6O4/c1-36-18-24(30(38)34-19-8-6-4-3-5-7-9-19)29(35-36)33-20-10-12-21(13-11-20)40-26-14-15-32-25-17-27(39-2)23(28(31)37)16-22(25)26/h10-19H,3-9H2,1-2H3,(H2,31,37)(H,33,35)(H,34,38). The Morgan fingerprint density at radius 3 is 2.40 bits per heavy atom. The predicted molar refractivity (Wildman–Crippen MR) is 153 cm³/mol. The summed E-state index contributed by atoms with van der Waals surface area (Å²) >= 11 is 0. The Kier molecular flexibility index (Phi) is 8.14. The van der Waals surface area contributed by atoms with Crippen molar-refractivity contribution >= 4 is 34.2 Å². The van der Waals surface area contributed by atoms with Crippen molar-refractivity contribution in [2.75, 3.05) is 12.4 Å². The van der Waals surface area contributed by atoms with Gasteiger partial charge in [-0.1, -0.05) is 32.1 Å². The lowest BCUT2D eigenvalue weighted by atomic mass is 9.96. The number of hydrogen-bond donors (Lipinski definition) is 3. The molecule has 0 unspecified atom stereocenters. The highest BCUT2D eigenvalue weighted by Gasteiger charge is 2.20. The fraction of sp³-hybridized carbons (Fsp3) is 0.333. The van der Waals surface area contributed by atoms with E-state index >= 15 is 0 Å². The lowest BCUT2D eigenvalue weighted by molar-refractivity contribution is 0.0930. The van der Waals surface area contributed by atoms with Gasteiger partial charge in [0.25, 0.3) is 11.8 Å². The molecule has 4 aromatic rings. The highest BCUT2D eigenvalue weighted by Crippen LogP contribution is 2.33. The van der Waals surface area contributed by atoms with Gasteiger partial charge in [0, 0.05) is 42.6 Å². The van der Waals surface area contributed by atoms with Crippen molar-refractivity contribution < 1.29 is 19.1 Å². The van der Waals surface area contributed by atoms with E-state index in [4.69, 9.17) is 15.2 Å². The van der Waals surface area contributed by atoms with E-state index in [9.17, 15) is 9.59 Å². The number of nitrogens with one attached hydrogen (secondary N) is 2. The van der Waals surface area contributed by atoms with Crippen LogP contribution in [0.5, 0.6) is 17.2 Å². The first-order valence-electron chi connectivity index (χ1n) is 13.6. The van der Waals surface area contributed by atoms with E-state index in [1.165, 1.54) is 26.4 Å². The van der Waals surface area contributed by atoms with Gasteiger partial charge in [0.05, 0.1) is 18.2 Å². The molecule has 1 fully saturated rings. The Balaban J connectivity index is 1.30. The minimum absolute atomic E-state index is 0.113. The minimum Gasteiger partial charge on any atom is -0.496 e. The molecular weight excluding hydrogens is 508 g/mol. The average molecular weight is 543 g/mol. The van der Waals surface area contributed by atoms with Crippen LogP contribution < -0.4 is 25.8 Å². The third kappa shape index (κ3) is 6.17. The first-order chi connectivity index (χ1) is 19.4. The van der Waals surface area contributed by atoms with Crippen LogP contribution in [-0.4, -0.2) is 39.7 Å². The van der Waals surface area contributed by atoms with E-state index in [0.717, 1.165) is 31.4 Å². The fourth-order valence-electron chi connectivity index (χ4n) is 5.08. The van der Waals surface area contributed by atoms with Crippen molar-refractivity contribution in [3.8, 4) is 17.2 Å². The van der Waals surface area contributed by atoms with E-state index in [2.05, 4.69) is 20.7 Å². The minimum atomic E-state index is -0.601. The zero-order chi connectivity index (χ0) is 28.1. The molecule has 1 aliphatic carbocycles. The molecule has 1 saturated carbocycles. The summed E-state index contributed by atoms with van der Waals surface area (Å²) in [5, 5.41) is 11.6. The Morgan fingerprint density at radius 1 is 0.975 bits per heavy atom. The molecule has 2 aromatic carbocycles. The smallest absolute Gasteiger partial charge is 0.256 e. The number of rotatable bonds is 8. The molecule has 40 heavy (non-hydrogen) atoms. The van der Waals surface area contributed by atoms with Crippen molar-refractivity contribution in [3.05, 3.63) is 66.0 Å². The number of primary amides is 1. The number of carbonyl (C=O) groups excluding carboxylic acids is 2. The summed E-state index contributed by atoms with van der Waals surface area (Å²) in [5.74, 6) is 1.24. The maximum atomic E-state index is 13.1. The van der Waals surface area contributed by atoms with E-state index < -0.39 is 5.91 Å². The number of methoxy groups -OCH3 is 1. The molecule has 4 N–H and O–H groups in total. The zero-order valence-corrected chi connectivity index (χ0v) is 22.8. The number of nitrogens with two attached hydrogens (primary N) is 1. The Bertz CT molecular complexity index is 1510. The molecule has 0 radical (unpaired) electrons. The van der Waals surface area contributed by atoms with Gasteiger partial charge in [-0.15, -0.1) is 0 Å². The van der Waals surface area contributed by atoms with Crippen molar-refractivity contribution in [1.82, 2.24) is 20.1 Å². The summed E-state index contributed by atoms with van der Waals surface area (Å²) in [7, 11) is 3.27. The molecule has 10 heteroatoms. The normalized spacial score (nSPS) is 14.2. The summed E-state index contributed by atoms with van der Waals surface area (Å²) in [6.07, 6.45) is 11.4. The van der Waals surface area contributed by atoms with Crippen molar-refractivity contribution in [2.24, 2.45) is 12.8 Å². The SMILES string of the molecule is COc1cc2nccc(Oc3ccc(Nc4nn(C)cc4C(=O)NC4CCCCCCC4)cc3)c2cc1C(N)=O. The maximum absolute atomic E-state index is 13.1. The highest BCUT2D eigenvalue weighted by molar-refractivity contribution is 6.01. The molecule has 0 aliphatic heterocycles. The number of pyridine rings is 1. The lowest BCUT2D eigenvalue weighted by Gasteiger charge is -2.21. The van der Waals surface area contributed by atoms with E-state index in [-0.39, 0.29) is 17.5 Å². The molecule has 0 atom stereocenters. The second-order valence-corrected chi connectivity index (χ2v) is 10.1. The second-order valence-electron chi connectivity index (χ2n) is 10.1. The third-order valence-corrected chi connectivity index (χ3v) is 7.15. The molecule has 0 bridgehead atoms. The Hall–Kier alpha value is -4.60. The molecule has 0 spiro atoms. The molecular formula is C30H34N6O4. The van der Waals surface area contributed by atoms with Gasteiger partial charge in [-0.2, -0.15) is 5.10 Å². The topological polar surface area (TPSA) is 133 Å². The van der Waals surface area contributed by atoms with Crippen LogP contribution in [0.3, 0.4) is 0 Å². The molecule has 0 saturated heterocycles. The van der Waals surface area contributed by atoms with Gasteiger partial charge >= 0.3 is 0 Å². The van der Waals surface area contributed by atoms with Crippen LogP contribution >= 0.6 is 0 Å². The van der Waals surface area contributed by atoms with Crippen LogP contribution in [0.1, 0.15) is 65.7 Å². The largest absolute Gasteiger partial charge is 0.496 e. The molecule has 10 nitrogen and oxygen atoms in total. The number of ether oxygens (including phenoxy) is 2. The Morgan fingerprint density at radius 2 is 1.70 bits per heavy atom. The van der Waals surface area contributed by atoms with Crippen molar-refractivity contribution in [1.29, 1.82) is 0 Å². The first-order valence-corrected chi connectivity index (χ1v) is 13.6. The molecule has 2 aromatic heterocycles. The van der Waals surface area contributed by atoms with Crippen LogP contribution in [0.15, 0.2) is 54.9 Å². The molecule has 5 rings (SSSR count). The number of hydrogen-bond acceptors (Lipinski definition) is 7. The number of amides is 2. The lowest BCUT2D eigenvalue weighted by Crippen LogP contribution is -2.35. The van der Waals surface area contributed by atoms with Gasteiger partial charge in [0.2, 0.25) is 0 Å². The number of aromatic nitrogens is 3. The summed E-state index contributed by atoms with van der Waals surface area (Å²) in [5.41, 5.74) is 7.66. The number of benzene rings is 2. The first kappa shape index (κ1) is 27.0. The van der Waals surface area contributed by atoms with Gasteiger partial charge in [-0.05, 0) is 49.2 Å². The highest BCUT2D eigenvalue weighted by atomic mass is 16.5. The maximum Gasteiger partial charge on any atom is 0.256 e. The van der Waals surface area contributed by atoms with E-state index in [0.29, 0.717) is 39.5 Å². The van der Waals surface area contributed by atoms with Crippen molar-refractivity contribution in [2.45, 2.75) is 51.0 Å². The van der Waals surface area contributed by atoms with Gasteiger partial charge < -0.3 is 25.8 Å². The van der Waals surface area contributed by atoms with Crippen LogP contribution in [0, 0.1) is 0 Å².